The lowest BCUT2D eigenvalue weighted by Gasteiger charge is -2.30. The molecular formula is C13H18ClN3O4. The molecule has 1 aromatic carbocycles. The number of nitro benzene ring substituents is 1. The second-order valence-corrected chi connectivity index (χ2v) is 4.76. The van der Waals surface area contributed by atoms with Crippen LogP contribution in [0.3, 0.4) is 0 Å². The number of piperidine rings is 1. The first-order valence-corrected chi connectivity index (χ1v) is 6.47. The molecule has 1 aliphatic heterocycles. The maximum atomic E-state index is 12.0. The first-order chi connectivity index (χ1) is 9.58. The Morgan fingerprint density at radius 2 is 2.19 bits per heavy atom. The molecule has 1 unspecified atom stereocenters. The van der Waals surface area contributed by atoms with Crippen LogP contribution in [0.2, 0.25) is 0 Å². The number of carbonyl (C=O) groups excluding carboxylic acids is 1. The average Bonchev–Trinajstić information content (AvgIpc) is 2.45. The van der Waals surface area contributed by atoms with E-state index in [1.807, 2.05) is 0 Å². The molecule has 0 spiro atoms. The van der Waals surface area contributed by atoms with Gasteiger partial charge >= 0.3 is 5.69 Å². The van der Waals surface area contributed by atoms with Crippen LogP contribution in [0.5, 0.6) is 5.75 Å². The Labute approximate surface area is 128 Å². The molecule has 1 heterocycles. The average molecular weight is 316 g/mol. The van der Waals surface area contributed by atoms with Crippen LogP contribution in [-0.2, 0) is 4.79 Å². The van der Waals surface area contributed by atoms with E-state index in [-0.39, 0.29) is 42.4 Å². The van der Waals surface area contributed by atoms with E-state index < -0.39 is 4.92 Å². The van der Waals surface area contributed by atoms with Crippen LogP contribution in [0, 0.1) is 10.1 Å². The van der Waals surface area contributed by atoms with Crippen LogP contribution in [-0.4, -0.2) is 41.5 Å². The third-order valence-electron chi connectivity index (χ3n) is 3.22. The minimum atomic E-state index is -0.531. The molecule has 7 nitrogen and oxygen atoms in total. The van der Waals surface area contributed by atoms with Gasteiger partial charge in [0.05, 0.1) is 4.92 Å². The Bertz CT molecular complexity index is 512. The van der Waals surface area contributed by atoms with E-state index >= 15 is 0 Å². The Balaban J connectivity index is 0.00000220. The van der Waals surface area contributed by atoms with Crippen molar-refractivity contribution in [1.29, 1.82) is 0 Å². The molecule has 0 bridgehead atoms. The highest BCUT2D eigenvalue weighted by Crippen LogP contribution is 2.25. The van der Waals surface area contributed by atoms with Crippen LogP contribution in [0.15, 0.2) is 24.3 Å². The number of rotatable bonds is 4. The van der Waals surface area contributed by atoms with Crippen LogP contribution in [0.25, 0.3) is 0 Å². The Hall–Kier alpha value is -1.86. The third kappa shape index (κ3) is 4.57. The normalized spacial score (nSPS) is 17.8. The van der Waals surface area contributed by atoms with E-state index in [2.05, 4.69) is 0 Å². The molecule has 0 radical (unpaired) electrons. The fourth-order valence-electron chi connectivity index (χ4n) is 2.20. The number of para-hydroxylation sites is 2. The van der Waals surface area contributed by atoms with Gasteiger partial charge in [0.2, 0.25) is 0 Å². The summed E-state index contributed by atoms with van der Waals surface area (Å²) in [5, 5.41) is 10.8. The van der Waals surface area contributed by atoms with Crippen molar-refractivity contribution < 1.29 is 14.5 Å². The smallest absolute Gasteiger partial charge is 0.310 e. The lowest BCUT2D eigenvalue weighted by molar-refractivity contribution is -0.385. The quantitative estimate of drug-likeness (QED) is 0.668. The van der Waals surface area contributed by atoms with Crippen molar-refractivity contribution in [2.75, 3.05) is 19.7 Å². The van der Waals surface area contributed by atoms with Crippen LogP contribution in [0.1, 0.15) is 12.8 Å². The predicted molar refractivity (Wildman–Crippen MR) is 79.6 cm³/mol. The van der Waals surface area contributed by atoms with Gasteiger partial charge < -0.3 is 15.4 Å². The third-order valence-corrected chi connectivity index (χ3v) is 3.22. The maximum Gasteiger partial charge on any atom is 0.310 e. The number of nitro groups is 1. The van der Waals surface area contributed by atoms with E-state index in [0.29, 0.717) is 13.1 Å². The molecule has 0 saturated carbocycles. The summed E-state index contributed by atoms with van der Waals surface area (Å²) in [5.41, 5.74) is 5.67. The number of carbonyl (C=O) groups is 1. The number of likely N-dealkylation sites (tertiary alicyclic amines) is 1. The number of hydrogen-bond acceptors (Lipinski definition) is 5. The summed E-state index contributed by atoms with van der Waals surface area (Å²) in [6.07, 6.45) is 1.78. The summed E-state index contributed by atoms with van der Waals surface area (Å²) < 4.78 is 5.28. The zero-order chi connectivity index (χ0) is 14.5. The number of ether oxygens (including phenoxy) is 1. The Kier molecular flexibility index (Phi) is 6.39. The van der Waals surface area contributed by atoms with Crippen molar-refractivity contribution in [1.82, 2.24) is 4.90 Å². The molecule has 1 amide bonds. The van der Waals surface area contributed by atoms with Gasteiger partial charge in [0, 0.05) is 25.2 Å². The number of halogens is 1. The first kappa shape index (κ1) is 17.2. The Morgan fingerprint density at radius 3 is 2.86 bits per heavy atom. The van der Waals surface area contributed by atoms with Gasteiger partial charge in [-0.1, -0.05) is 12.1 Å². The number of benzene rings is 1. The molecule has 1 fully saturated rings. The van der Waals surface area contributed by atoms with Gasteiger partial charge in [0.25, 0.3) is 5.91 Å². The van der Waals surface area contributed by atoms with Crippen molar-refractivity contribution in [3.8, 4) is 5.75 Å². The van der Waals surface area contributed by atoms with Crippen LogP contribution < -0.4 is 10.5 Å². The summed E-state index contributed by atoms with van der Waals surface area (Å²) in [4.78, 5) is 23.9. The number of amides is 1. The Morgan fingerprint density at radius 1 is 1.48 bits per heavy atom. The number of nitrogens with zero attached hydrogens (tertiary/aromatic N) is 2. The predicted octanol–water partition coefficient (Wildman–Crippen LogP) is 1.35. The summed E-state index contributed by atoms with van der Waals surface area (Å²) in [5.74, 6) is -0.0922. The zero-order valence-corrected chi connectivity index (χ0v) is 12.3. The maximum absolute atomic E-state index is 12.0. The number of hydrogen-bond donors (Lipinski definition) is 1. The van der Waals surface area contributed by atoms with Gasteiger partial charge in [-0.05, 0) is 18.9 Å². The van der Waals surface area contributed by atoms with Crippen molar-refractivity contribution >= 4 is 24.0 Å². The van der Waals surface area contributed by atoms with Crippen molar-refractivity contribution in [2.45, 2.75) is 18.9 Å². The topological polar surface area (TPSA) is 98.7 Å². The molecule has 1 atom stereocenters. The van der Waals surface area contributed by atoms with E-state index in [1.165, 1.54) is 12.1 Å². The second kappa shape index (κ2) is 7.80. The molecule has 2 N–H and O–H groups in total. The van der Waals surface area contributed by atoms with Crippen molar-refractivity contribution in [3.63, 3.8) is 0 Å². The molecule has 21 heavy (non-hydrogen) atoms. The van der Waals surface area contributed by atoms with Crippen molar-refractivity contribution in [2.24, 2.45) is 5.73 Å². The molecule has 1 aromatic rings. The highest BCUT2D eigenvalue weighted by atomic mass is 35.5. The number of nitrogens with two attached hydrogens (primary N) is 1. The molecule has 2 rings (SSSR count). The minimum absolute atomic E-state index is 0. The summed E-state index contributed by atoms with van der Waals surface area (Å²) in [6.45, 7) is 0.962. The lowest BCUT2D eigenvalue weighted by Crippen LogP contribution is -2.47. The first-order valence-electron chi connectivity index (χ1n) is 6.47. The summed E-state index contributed by atoms with van der Waals surface area (Å²) in [7, 11) is 0. The molecule has 0 aromatic heterocycles. The van der Waals surface area contributed by atoms with Gasteiger partial charge in [-0.3, -0.25) is 14.9 Å². The second-order valence-electron chi connectivity index (χ2n) is 4.76. The molecular weight excluding hydrogens is 298 g/mol. The zero-order valence-electron chi connectivity index (χ0n) is 11.4. The molecule has 0 aliphatic carbocycles. The standard InChI is InChI=1S/C13H17N3O4.ClH/c14-10-4-3-7-15(8-10)13(17)9-20-12-6-2-1-5-11(12)16(18)19;/h1-2,5-6,10H,3-4,7-9,14H2;1H. The molecule has 1 saturated heterocycles. The lowest BCUT2D eigenvalue weighted by atomic mass is 10.1. The van der Waals surface area contributed by atoms with E-state index in [4.69, 9.17) is 10.5 Å². The van der Waals surface area contributed by atoms with E-state index in [9.17, 15) is 14.9 Å². The fraction of sp³-hybridized carbons (Fsp3) is 0.462. The fourth-order valence-corrected chi connectivity index (χ4v) is 2.20. The van der Waals surface area contributed by atoms with Crippen LogP contribution >= 0.6 is 12.4 Å². The van der Waals surface area contributed by atoms with Gasteiger partial charge in [-0.25, -0.2) is 0 Å². The molecule has 1 aliphatic rings. The van der Waals surface area contributed by atoms with Gasteiger partial charge in [0.1, 0.15) is 0 Å². The summed E-state index contributed by atoms with van der Waals surface area (Å²) in [6, 6.07) is 6.00. The van der Waals surface area contributed by atoms with Crippen LogP contribution in [0.4, 0.5) is 5.69 Å². The van der Waals surface area contributed by atoms with Gasteiger partial charge in [-0.15, -0.1) is 12.4 Å². The molecule has 116 valence electrons. The summed E-state index contributed by atoms with van der Waals surface area (Å²) >= 11 is 0. The van der Waals surface area contributed by atoms with Crippen molar-refractivity contribution in [3.05, 3.63) is 34.4 Å². The monoisotopic (exact) mass is 315 g/mol. The SMILES string of the molecule is Cl.NC1CCCN(C(=O)COc2ccccc2[N+](=O)[O-])C1. The van der Waals surface area contributed by atoms with E-state index in [0.717, 1.165) is 12.8 Å². The van der Waals surface area contributed by atoms with Gasteiger partial charge in [0.15, 0.2) is 12.4 Å². The molecule has 8 heteroatoms. The minimum Gasteiger partial charge on any atom is -0.477 e. The highest BCUT2D eigenvalue weighted by Gasteiger charge is 2.22. The van der Waals surface area contributed by atoms with E-state index in [1.54, 1.807) is 17.0 Å². The van der Waals surface area contributed by atoms with Gasteiger partial charge in [-0.2, -0.15) is 0 Å². The largest absolute Gasteiger partial charge is 0.477 e. The highest BCUT2D eigenvalue weighted by molar-refractivity contribution is 5.85.